The molecule has 9 atom stereocenters. The second-order valence-corrected chi connectivity index (χ2v) is 19.2. The van der Waals surface area contributed by atoms with E-state index in [-0.39, 0.29) is 0 Å². The second kappa shape index (κ2) is 12.5. The summed E-state index contributed by atoms with van der Waals surface area (Å²) in [5.74, 6) is 7.21. The van der Waals surface area contributed by atoms with Gasteiger partial charge in [0.15, 0.2) is 0 Å². The normalized spacial score (nSPS) is 44.0. The first-order chi connectivity index (χ1) is 22.5. The van der Waals surface area contributed by atoms with E-state index in [1.807, 2.05) is 11.1 Å². The van der Waals surface area contributed by atoms with Gasteiger partial charge in [-0.05, 0) is 148 Å². The summed E-state index contributed by atoms with van der Waals surface area (Å²) < 4.78 is 0. The molecular weight excluding hydrogens is 556 g/mol. The van der Waals surface area contributed by atoms with Crippen LogP contribution < -0.4 is 10.6 Å². The molecule has 0 aromatic rings. The number of allylic oxidation sites excluding steroid dienone is 6. The van der Waals surface area contributed by atoms with Crippen LogP contribution in [0.4, 0.5) is 0 Å². The highest BCUT2D eigenvalue weighted by atomic mass is 15.2. The van der Waals surface area contributed by atoms with Gasteiger partial charge in [0, 0.05) is 12.1 Å². The average molecular weight is 625 g/mol. The highest BCUT2D eigenvalue weighted by Gasteiger charge is 2.63. The van der Waals surface area contributed by atoms with Crippen molar-refractivity contribution in [3.8, 4) is 0 Å². The molecular formula is C44H68N2. The van der Waals surface area contributed by atoms with E-state index in [0.717, 1.165) is 59.4 Å². The molecule has 2 nitrogen and oxygen atoms in total. The van der Waals surface area contributed by atoms with Crippen LogP contribution in [0.5, 0.6) is 0 Å². The van der Waals surface area contributed by atoms with Crippen LogP contribution in [-0.4, -0.2) is 18.2 Å². The van der Waals surface area contributed by atoms with Gasteiger partial charge in [0.2, 0.25) is 0 Å². The topological polar surface area (TPSA) is 24.1 Å². The van der Waals surface area contributed by atoms with Crippen molar-refractivity contribution in [2.24, 2.45) is 58.2 Å². The molecule has 9 rings (SSSR count). The molecule has 0 aromatic heterocycles. The Kier molecular flexibility index (Phi) is 8.45. The molecule has 1 heterocycles. The van der Waals surface area contributed by atoms with Gasteiger partial charge in [0.1, 0.15) is 0 Å². The quantitative estimate of drug-likeness (QED) is 0.304. The van der Waals surface area contributed by atoms with E-state index >= 15 is 0 Å². The second-order valence-electron chi connectivity index (χ2n) is 19.2. The van der Waals surface area contributed by atoms with Crippen molar-refractivity contribution in [1.82, 2.24) is 10.6 Å². The Hall–Kier alpha value is -0.860. The molecule has 1 aliphatic heterocycles. The van der Waals surface area contributed by atoms with Crippen LogP contribution in [0, 0.1) is 58.2 Å². The zero-order valence-corrected chi connectivity index (χ0v) is 29.8. The van der Waals surface area contributed by atoms with E-state index in [1.54, 1.807) is 0 Å². The summed E-state index contributed by atoms with van der Waals surface area (Å²) in [7, 11) is 0. The van der Waals surface area contributed by atoms with Crippen molar-refractivity contribution in [3.63, 3.8) is 0 Å². The lowest BCUT2D eigenvalue weighted by Gasteiger charge is -2.48. The molecule has 1 spiro atoms. The van der Waals surface area contributed by atoms with Gasteiger partial charge >= 0.3 is 0 Å². The highest BCUT2D eigenvalue weighted by molar-refractivity contribution is 5.46. The predicted octanol–water partition coefficient (Wildman–Crippen LogP) is 11.0. The monoisotopic (exact) mass is 625 g/mol. The van der Waals surface area contributed by atoms with Crippen LogP contribution >= 0.6 is 0 Å². The highest BCUT2D eigenvalue weighted by Crippen LogP contribution is 2.73. The largest absolute Gasteiger partial charge is 0.299 e. The fraction of sp³-hybridized carbons (Fsp3) is 0.864. The van der Waals surface area contributed by atoms with Gasteiger partial charge in [-0.15, -0.1) is 0 Å². The summed E-state index contributed by atoms with van der Waals surface area (Å²) in [5, 5.41) is 8.62. The van der Waals surface area contributed by atoms with E-state index < -0.39 is 0 Å². The van der Waals surface area contributed by atoms with Crippen molar-refractivity contribution < 1.29 is 0 Å². The maximum Gasteiger partial charge on any atom is 0.0605 e. The van der Waals surface area contributed by atoms with Crippen LogP contribution in [-0.2, 0) is 0 Å². The van der Waals surface area contributed by atoms with Crippen molar-refractivity contribution in [2.75, 3.05) is 0 Å². The Bertz CT molecular complexity index is 1180. The average Bonchev–Trinajstić information content (AvgIpc) is 3.50. The summed E-state index contributed by atoms with van der Waals surface area (Å²) in [6, 6.07) is 1.51. The summed E-state index contributed by atoms with van der Waals surface area (Å²) in [5.41, 5.74) is 6.96. The maximum atomic E-state index is 4.33. The molecule has 2 heteroatoms. The number of rotatable bonds is 4. The maximum absolute atomic E-state index is 4.33. The number of nitrogens with one attached hydrogen (secondary N) is 2. The Morgan fingerprint density at radius 2 is 1.48 bits per heavy atom. The van der Waals surface area contributed by atoms with E-state index in [4.69, 9.17) is 0 Å². The van der Waals surface area contributed by atoms with Crippen LogP contribution in [0.2, 0.25) is 0 Å². The number of fused-ring (bicyclic) bond motifs is 8. The molecule has 1 saturated heterocycles. The van der Waals surface area contributed by atoms with Gasteiger partial charge in [-0.3, -0.25) is 10.6 Å². The summed E-state index contributed by atoms with van der Waals surface area (Å²) in [4.78, 5) is 0. The van der Waals surface area contributed by atoms with E-state index in [1.165, 1.54) is 148 Å². The SMILES string of the molecule is CC1(C)C2=C(C3CCC(CC4CC(C5CCCCC5)NC(C5CCCCC5)N4)CC31)C1C(CC2)[C@H]2CC=CC=C2C12CCCCC2. The fourth-order valence-corrected chi connectivity index (χ4v) is 14.9. The molecule has 6 fully saturated rings. The third-order valence-electron chi connectivity index (χ3n) is 16.8. The molecule has 9 aliphatic rings. The first kappa shape index (κ1) is 31.1. The van der Waals surface area contributed by atoms with E-state index in [0.29, 0.717) is 17.0 Å². The third-order valence-corrected chi connectivity index (χ3v) is 16.8. The van der Waals surface area contributed by atoms with Crippen LogP contribution in [0.1, 0.15) is 162 Å². The van der Waals surface area contributed by atoms with Crippen LogP contribution in [0.25, 0.3) is 0 Å². The van der Waals surface area contributed by atoms with Gasteiger partial charge in [-0.1, -0.05) is 107 Å². The number of hydrogen-bond donors (Lipinski definition) is 2. The first-order valence-corrected chi connectivity index (χ1v) is 21.2. The van der Waals surface area contributed by atoms with Crippen LogP contribution in [0.3, 0.4) is 0 Å². The van der Waals surface area contributed by atoms with Crippen molar-refractivity contribution >= 4 is 0 Å². The summed E-state index contributed by atoms with van der Waals surface area (Å²) in [6.07, 6.45) is 41.9. The molecule has 0 amide bonds. The molecule has 0 radical (unpaired) electrons. The Balaban J connectivity index is 0.947. The van der Waals surface area contributed by atoms with E-state index in [9.17, 15) is 0 Å². The summed E-state index contributed by atoms with van der Waals surface area (Å²) in [6.45, 7) is 5.46. The molecule has 2 N–H and O–H groups in total. The minimum Gasteiger partial charge on any atom is -0.299 e. The minimum absolute atomic E-state index is 0.413. The first-order valence-electron chi connectivity index (χ1n) is 21.2. The lowest BCUT2D eigenvalue weighted by molar-refractivity contribution is 0.0808. The zero-order chi connectivity index (χ0) is 30.9. The van der Waals surface area contributed by atoms with Gasteiger partial charge in [0.25, 0.3) is 0 Å². The molecule has 46 heavy (non-hydrogen) atoms. The lowest BCUT2D eigenvalue weighted by Crippen LogP contribution is -2.63. The van der Waals surface area contributed by atoms with Crippen molar-refractivity contribution in [1.29, 1.82) is 0 Å². The van der Waals surface area contributed by atoms with Crippen LogP contribution in [0.15, 0.2) is 34.9 Å². The van der Waals surface area contributed by atoms with Gasteiger partial charge in [0.05, 0.1) is 6.17 Å². The number of hydrogen-bond acceptors (Lipinski definition) is 2. The third kappa shape index (κ3) is 5.14. The Morgan fingerprint density at radius 3 is 2.26 bits per heavy atom. The Labute approximate surface area is 282 Å². The van der Waals surface area contributed by atoms with Gasteiger partial charge < -0.3 is 0 Å². The van der Waals surface area contributed by atoms with Crippen molar-refractivity contribution in [3.05, 3.63) is 34.9 Å². The molecule has 254 valence electrons. The molecule has 8 unspecified atom stereocenters. The van der Waals surface area contributed by atoms with E-state index in [2.05, 4.69) is 48.3 Å². The molecule has 5 saturated carbocycles. The fourth-order valence-electron chi connectivity index (χ4n) is 14.9. The van der Waals surface area contributed by atoms with Gasteiger partial charge in [-0.25, -0.2) is 0 Å². The summed E-state index contributed by atoms with van der Waals surface area (Å²) >= 11 is 0. The molecule has 8 aliphatic carbocycles. The Morgan fingerprint density at radius 1 is 0.739 bits per heavy atom. The molecule has 0 aromatic carbocycles. The predicted molar refractivity (Wildman–Crippen MR) is 192 cm³/mol. The lowest BCUT2D eigenvalue weighted by atomic mass is 9.58. The standard InChI is InChI=1S/C44H68N2/c1-43(2)37-23-22-34-33-18-10-11-19-36(33)44(24-12-5-13-25-44)41(34)40(37)35-21-20-29(27-38(35)43)26-32-28-39(30-14-6-3-7-15-30)46-42(45-32)31-16-8-4-9-17-31/h10-11,19,29-35,38-39,41-42,45-46H,3-9,12-18,20-28H2,1-2H3/t29?,32?,33-,34?,35?,38?,39?,41?,42?/m1/s1. The smallest absolute Gasteiger partial charge is 0.0605 e. The van der Waals surface area contributed by atoms with Crippen molar-refractivity contribution in [2.45, 2.75) is 180 Å². The van der Waals surface area contributed by atoms with Gasteiger partial charge in [-0.2, -0.15) is 0 Å². The zero-order valence-electron chi connectivity index (χ0n) is 29.8. The minimum atomic E-state index is 0.413. The molecule has 0 bridgehead atoms.